The molecule has 2 unspecified atom stereocenters. The van der Waals surface area contributed by atoms with Crippen LogP contribution in [0.2, 0.25) is 0 Å². The minimum atomic E-state index is -0.347. The molecule has 0 saturated carbocycles. The second kappa shape index (κ2) is 6.02. The Morgan fingerprint density at radius 3 is 2.89 bits per heavy atom. The molecule has 1 saturated heterocycles. The summed E-state index contributed by atoms with van der Waals surface area (Å²) in [7, 11) is 1.95. The zero-order valence-corrected chi connectivity index (χ0v) is 11.3. The molecule has 0 aliphatic carbocycles. The topological polar surface area (TPSA) is 44.4 Å². The van der Waals surface area contributed by atoms with Crippen LogP contribution in [0.5, 0.6) is 0 Å². The third-order valence-electron chi connectivity index (χ3n) is 3.64. The Bertz CT molecular complexity index is 452. The minimum Gasteiger partial charge on any atom is -0.324 e. The van der Waals surface area contributed by atoms with Gasteiger partial charge in [0.1, 0.15) is 5.82 Å². The number of anilines is 1. The smallest absolute Gasteiger partial charge is 0.321 e. The van der Waals surface area contributed by atoms with Crippen molar-refractivity contribution in [3.8, 4) is 0 Å². The number of benzene rings is 1. The molecule has 5 heteroatoms. The average Bonchev–Trinajstić information content (AvgIpc) is 2.38. The molecule has 2 rings (SSSR count). The van der Waals surface area contributed by atoms with Gasteiger partial charge in [0.15, 0.2) is 0 Å². The lowest BCUT2D eigenvalue weighted by atomic mass is 9.94. The SMILES string of the molecule is CNC1CCN(C(=O)Nc2cccc(F)c2)CC1C. The number of carbonyl (C=O) groups is 1. The first-order valence-electron chi connectivity index (χ1n) is 6.59. The number of halogens is 1. The third-order valence-corrected chi connectivity index (χ3v) is 3.64. The number of hydrogen-bond acceptors (Lipinski definition) is 2. The Labute approximate surface area is 113 Å². The summed E-state index contributed by atoms with van der Waals surface area (Å²) >= 11 is 0. The molecule has 4 nitrogen and oxygen atoms in total. The van der Waals surface area contributed by atoms with Crippen molar-refractivity contribution < 1.29 is 9.18 Å². The van der Waals surface area contributed by atoms with Gasteiger partial charge in [-0.05, 0) is 37.6 Å². The van der Waals surface area contributed by atoms with E-state index in [2.05, 4.69) is 17.6 Å². The fourth-order valence-electron chi connectivity index (χ4n) is 2.53. The van der Waals surface area contributed by atoms with Gasteiger partial charge in [-0.2, -0.15) is 0 Å². The Morgan fingerprint density at radius 2 is 2.26 bits per heavy atom. The second-order valence-electron chi connectivity index (χ2n) is 5.05. The van der Waals surface area contributed by atoms with E-state index in [1.165, 1.54) is 12.1 Å². The largest absolute Gasteiger partial charge is 0.324 e. The zero-order chi connectivity index (χ0) is 13.8. The summed E-state index contributed by atoms with van der Waals surface area (Å²) in [6, 6.07) is 6.24. The Morgan fingerprint density at radius 1 is 1.47 bits per heavy atom. The lowest BCUT2D eigenvalue weighted by molar-refractivity contribution is 0.163. The summed E-state index contributed by atoms with van der Waals surface area (Å²) in [5.41, 5.74) is 0.494. The fraction of sp³-hybridized carbons (Fsp3) is 0.500. The maximum absolute atomic E-state index is 13.0. The summed E-state index contributed by atoms with van der Waals surface area (Å²) in [6.45, 7) is 3.56. The molecule has 2 N–H and O–H groups in total. The third kappa shape index (κ3) is 3.44. The van der Waals surface area contributed by atoms with Crippen LogP contribution < -0.4 is 10.6 Å². The molecule has 1 heterocycles. The molecule has 0 aromatic heterocycles. The average molecular weight is 265 g/mol. The number of nitrogens with zero attached hydrogens (tertiary/aromatic N) is 1. The summed E-state index contributed by atoms with van der Waals surface area (Å²) in [6.07, 6.45) is 0.939. The molecule has 1 aromatic rings. The number of carbonyl (C=O) groups excluding carboxylic acids is 1. The normalized spacial score (nSPS) is 23.2. The van der Waals surface area contributed by atoms with Gasteiger partial charge in [0.2, 0.25) is 0 Å². The minimum absolute atomic E-state index is 0.160. The van der Waals surface area contributed by atoms with Crippen molar-refractivity contribution in [3.63, 3.8) is 0 Å². The lowest BCUT2D eigenvalue weighted by Crippen LogP contribution is -2.50. The Kier molecular flexibility index (Phi) is 4.37. The van der Waals surface area contributed by atoms with Crippen LogP contribution in [0, 0.1) is 11.7 Å². The van der Waals surface area contributed by atoms with Crippen LogP contribution in [0.3, 0.4) is 0 Å². The summed E-state index contributed by atoms with van der Waals surface area (Å²) < 4.78 is 13.0. The molecular formula is C14H20FN3O. The summed E-state index contributed by atoms with van der Waals surface area (Å²) in [5, 5.41) is 5.99. The number of hydrogen-bond donors (Lipinski definition) is 2. The summed E-state index contributed by atoms with van der Waals surface area (Å²) in [4.78, 5) is 13.9. The van der Waals surface area contributed by atoms with Crippen molar-refractivity contribution in [3.05, 3.63) is 30.1 Å². The number of amides is 2. The standard InChI is InChI=1S/C14H20FN3O/c1-10-9-18(7-6-13(10)16-2)14(19)17-12-5-3-4-11(15)8-12/h3-5,8,10,13,16H,6-7,9H2,1-2H3,(H,17,19). The van der Waals surface area contributed by atoms with E-state index in [0.29, 0.717) is 24.2 Å². The van der Waals surface area contributed by atoms with Crippen LogP contribution in [-0.2, 0) is 0 Å². The number of rotatable bonds is 2. The van der Waals surface area contributed by atoms with Crippen molar-refractivity contribution in [2.24, 2.45) is 5.92 Å². The van der Waals surface area contributed by atoms with E-state index in [9.17, 15) is 9.18 Å². The van der Waals surface area contributed by atoms with Crippen molar-refractivity contribution >= 4 is 11.7 Å². The van der Waals surface area contributed by atoms with E-state index in [4.69, 9.17) is 0 Å². The molecule has 0 bridgehead atoms. The molecule has 2 amide bonds. The molecule has 1 aliphatic rings. The van der Waals surface area contributed by atoms with Gasteiger partial charge in [-0.15, -0.1) is 0 Å². The van der Waals surface area contributed by atoms with Crippen molar-refractivity contribution in [1.82, 2.24) is 10.2 Å². The van der Waals surface area contributed by atoms with Crippen LogP contribution in [0.25, 0.3) is 0 Å². The van der Waals surface area contributed by atoms with Gasteiger partial charge in [0.05, 0.1) is 0 Å². The number of nitrogens with one attached hydrogen (secondary N) is 2. The highest BCUT2D eigenvalue weighted by Crippen LogP contribution is 2.18. The Hall–Kier alpha value is -1.62. The van der Waals surface area contributed by atoms with E-state index >= 15 is 0 Å². The molecule has 0 spiro atoms. The predicted octanol–water partition coefficient (Wildman–Crippen LogP) is 2.29. The van der Waals surface area contributed by atoms with Crippen LogP contribution in [0.15, 0.2) is 24.3 Å². The van der Waals surface area contributed by atoms with Gasteiger partial charge in [0, 0.05) is 24.8 Å². The molecule has 1 aliphatic heterocycles. The highest BCUT2D eigenvalue weighted by molar-refractivity contribution is 5.89. The van der Waals surface area contributed by atoms with Gasteiger partial charge >= 0.3 is 6.03 Å². The van der Waals surface area contributed by atoms with Crippen molar-refractivity contribution in [2.75, 3.05) is 25.5 Å². The van der Waals surface area contributed by atoms with Crippen LogP contribution in [0.1, 0.15) is 13.3 Å². The molecule has 1 aromatic carbocycles. The predicted molar refractivity (Wildman–Crippen MR) is 73.6 cm³/mol. The Balaban J connectivity index is 1.94. The summed E-state index contributed by atoms with van der Waals surface area (Å²) in [5.74, 6) is 0.0667. The number of likely N-dealkylation sites (tertiary alicyclic amines) is 1. The van der Waals surface area contributed by atoms with Crippen molar-refractivity contribution in [2.45, 2.75) is 19.4 Å². The van der Waals surface area contributed by atoms with Gasteiger partial charge < -0.3 is 15.5 Å². The van der Waals surface area contributed by atoms with E-state index < -0.39 is 0 Å². The molecule has 2 atom stereocenters. The highest BCUT2D eigenvalue weighted by atomic mass is 19.1. The molecule has 1 fully saturated rings. The van der Waals surface area contributed by atoms with Gasteiger partial charge in [0.25, 0.3) is 0 Å². The van der Waals surface area contributed by atoms with Crippen molar-refractivity contribution in [1.29, 1.82) is 0 Å². The maximum Gasteiger partial charge on any atom is 0.321 e. The van der Waals surface area contributed by atoms with E-state index in [0.717, 1.165) is 13.0 Å². The van der Waals surface area contributed by atoms with E-state index in [1.807, 2.05) is 7.05 Å². The van der Waals surface area contributed by atoms with Crippen LogP contribution >= 0.6 is 0 Å². The van der Waals surface area contributed by atoms with Gasteiger partial charge in [-0.1, -0.05) is 13.0 Å². The first-order chi connectivity index (χ1) is 9.10. The zero-order valence-electron chi connectivity index (χ0n) is 11.3. The van der Waals surface area contributed by atoms with Gasteiger partial charge in [-0.3, -0.25) is 0 Å². The fourth-order valence-corrected chi connectivity index (χ4v) is 2.53. The molecular weight excluding hydrogens is 245 g/mol. The van der Waals surface area contributed by atoms with E-state index in [1.54, 1.807) is 17.0 Å². The second-order valence-corrected chi connectivity index (χ2v) is 5.05. The highest BCUT2D eigenvalue weighted by Gasteiger charge is 2.27. The molecule has 19 heavy (non-hydrogen) atoms. The monoisotopic (exact) mass is 265 g/mol. The molecule has 0 radical (unpaired) electrons. The lowest BCUT2D eigenvalue weighted by Gasteiger charge is -2.36. The van der Waals surface area contributed by atoms with Gasteiger partial charge in [-0.25, -0.2) is 9.18 Å². The quantitative estimate of drug-likeness (QED) is 0.861. The first kappa shape index (κ1) is 13.8. The maximum atomic E-state index is 13.0. The first-order valence-corrected chi connectivity index (χ1v) is 6.59. The molecule has 104 valence electrons. The van der Waals surface area contributed by atoms with Crippen LogP contribution in [-0.4, -0.2) is 37.1 Å². The number of piperidine rings is 1. The number of urea groups is 1. The van der Waals surface area contributed by atoms with Crippen LogP contribution in [0.4, 0.5) is 14.9 Å². The van der Waals surface area contributed by atoms with E-state index in [-0.39, 0.29) is 11.8 Å².